The molecule has 47 heavy (non-hydrogen) atoms. The highest BCUT2D eigenvalue weighted by Gasteiger charge is 2.21. The van der Waals surface area contributed by atoms with E-state index in [9.17, 15) is 5.48 Å². The molecular formula is C45H30N2. The molecule has 0 saturated heterocycles. The van der Waals surface area contributed by atoms with Crippen molar-refractivity contribution in [1.29, 1.82) is 0 Å². The van der Waals surface area contributed by atoms with E-state index in [-0.39, 0.29) is 49.6 Å². The monoisotopic (exact) mass is 611 g/mol. The fraction of sp³-hybridized carbons (Fsp3) is 0. The molecule has 0 aliphatic rings. The van der Waals surface area contributed by atoms with Crippen molar-refractivity contribution in [2.45, 2.75) is 0 Å². The summed E-state index contributed by atoms with van der Waals surface area (Å²) in [4.78, 5) is 4.80. The third kappa shape index (κ3) is 4.54. The predicted molar refractivity (Wildman–Crippen MR) is 198 cm³/mol. The van der Waals surface area contributed by atoms with Gasteiger partial charge in [-0.3, -0.25) is 4.57 Å². The number of para-hydroxylation sites is 3. The Morgan fingerprint density at radius 1 is 0.426 bits per heavy atom. The maximum atomic E-state index is 9.48. The molecule has 1 aromatic heterocycles. The van der Waals surface area contributed by atoms with Gasteiger partial charge < -0.3 is 0 Å². The van der Waals surface area contributed by atoms with Crippen LogP contribution in [0.5, 0.6) is 0 Å². The van der Waals surface area contributed by atoms with Gasteiger partial charge >= 0.3 is 0 Å². The molecule has 1 heterocycles. The number of hydrogen-bond donors (Lipinski definition) is 0. The van der Waals surface area contributed by atoms with Gasteiger partial charge in [0.25, 0.3) is 0 Å². The molecule has 0 amide bonds. The Kier molecular flexibility index (Phi) is 4.05. The first-order valence-corrected chi connectivity index (χ1v) is 15.0. The van der Waals surface area contributed by atoms with E-state index in [1.807, 2.05) is 42.5 Å². The van der Waals surface area contributed by atoms with E-state index in [1.165, 1.54) is 0 Å². The summed E-state index contributed by atoms with van der Waals surface area (Å²) in [7, 11) is 0. The van der Waals surface area contributed by atoms with Crippen molar-refractivity contribution >= 4 is 32.6 Å². The molecule has 0 atom stereocenters. The number of hydrogen-bond acceptors (Lipinski definition) is 1. The van der Waals surface area contributed by atoms with Crippen LogP contribution in [0.15, 0.2) is 182 Å². The molecule has 0 N–H and O–H groups in total. The zero-order valence-corrected chi connectivity index (χ0v) is 24.7. The lowest BCUT2D eigenvalue weighted by molar-refractivity contribution is 1.10. The molecule has 0 aliphatic heterocycles. The summed E-state index contributed by atoms with van der Waals surface area (Å²) >= 11 is 0. The summed E-state index contributed by atoms with van der Waals surface area (Å²) in [6, 6.07) is 24.1. The van der Waals surface area contributed by atoms with Crippen LogP contribution < -0.4 is 0 Å². The van der Waals surface area contributed by atoms with E-state index in [2.05, 4.69) is 0 Å². The largest absolute Gasteiger partial charge is 0.292 e. The van der Waals surface area contributed by atoms with Crippen molar-refractivity contribution in [3.05, 3.63) is 182 Å². The standard InChI is InChI=1S/C45H30N2/c1-3-15-31(16-4-1)32-27-29-33(30-28-32)43-35-19-7-9-21-37(35)44(38-22-10-8-20-36(38)43)39-23-11-13-25-41(39)47-42-26-14-12-24-40(42)46-45(47)34-17-5-2-6-18-34/h1-30H/i2D,5D,6D,7D,8D,9D,10D,17D,18D,19D,20D,21D,22D. The van der Waals surface area contributed by atoms with Gasteiger partial charge in [-0.05, 0) is 67.6 Å². The van der Waals surface area contributed by atoms with E-state index in [4.69, 9.17) is 17.3 Å². The minimum atomic E-state index is -0.576. The highest BCUT2D eigenvalue weighted by atomic mass is 15.1. The molecule has 0 fully saturated rings. The van der Waals surface area contributed by atoms with Gasteiger partial charge in [0.2, 0.25) is 0 Å². The van der Waals surface area contributed by atoms with E-state index in [1.54, 1.807) is 65.2 Å². The van der Waals surface area contributed by atoms with Gasteiger partial charge in [-0.25, -0.2) is 4.98 Å². The number of fused-ring (bicyclic) bond motifs is 3. The number of benzene rings is 8. The summed E-state index contributed by atoms with van der Waals surface area (Å²) in [6.45, 7) is 0. The molecule has 2 nitrogen and oxygen atoms in total. The van der Waals surface area contributed by atoms with Crippen molar-refractivity contribution in [3.8, 4) is 50.5 Å². The summed E-state index contributed by atoms with van der Waals surface area (Å²) in [5, 5.41) is 0.0815. The number of imidazole rings is 1. The van der Waals surface area contributed by atoms with E-state index >= 15 is 0 Å². The van der Waals surface area contributed by atoms with Crippen molar-refractivity contribution in [2.24, 2.45) is 0 Å². The molecule has 0 spiro atoms. The average Bonchev–Trinajstić information content (AvgIpc) is 3.65. The van der Waals surface area contributed by atoms with Crippen LogP contribution in [0.4, 0.5) is 0 Å². The van der Waals surface area contributed by atoms with Crippen molar-refractivity contribution < 1.29 is 17.8 Å². The van der Waals surface area contributed by atoms with Crippen molar-refractivity contribution in [2.75, 3.05) is 0 Å². The number of rotatable bonds is 5. The number of aromatic nitrogens is 2. The summed E-state index contributed by atoms with van der Waals surface area (Å²) in [5.41, 5.74) is 3.83. The first kappa shape index (κ1) is 16.9. The van der Waals surface area contributed by atoms with Crippen LogP contribution in [-0.2, 0) is 0 Å². The molecule has 0 unspecified atom stereocenters. The Bertz CT molecular complexity index is 3180. The van der Waals surface area contributed by atoms with Gasteiger partial charge in [-0.1, -0.05) is 163 Å². The smallest absolute Gasteiger partial charge is 0.145 e. The molecule has 0 saturated carbocycles. The van der Waals surface area contributed by atoms with Crippen LogP contribution in [0, 0.1) is 0 Å². The molecular weight excluding hydrogens is 569 g/mol. The van der Waals surface area contributed by atoms with Gasteiger partial charge in [0.15, 0.2) is 0 Å². The first-order chi connectivity index (χ1) is 28.7. The Morgan fingerprint density at radius 2 is 0.957 bits per heavy atom. The molecule has 0 radical (unpaired) electrons. The molecule has 9 rings (SSSR count). The van der Waals surface area contributed by atoms with Crippen LogP contribution in [-0.4, -0.2) is 9.55 Å². The van der Waals surface area contributed by atoms with E-state index < -0.39 is 78.6 Å². The first-order valence-electron chi connectivity index (χ1n) is 21.5. The Labute approximate surface area is 292 Å². The quantitative estimate of drug-likeness (QED) is 0.177. The Hall–Kier alpha value is -6.25. The maximum absolute atomic E-state index is 9.48. The second-order valence-electron chi connectivity index (χ2n) is 11.0. The second kappa shape index (κ2) is 11.3. The van der Waals surface area contributed by atoms with E-state index in [0.717, 1.165) is 11.1 Å². The van der Waals surface area contributed by atoms with Crippen LogP contribution in [0.25, 0.3) is 83.0 Å². The summed E-state index contributed by atoms with van der Waals surface area (Å²) in [5.74, 6) is -0.00630. The topological polar surface area (TPSA) is 17.8 Å². The van der Waals surface area contributed by atoms with Crippen LogP contribution in [0.1, 0.15) is 17.8 Å². The van der Waals surface area contributed by atoms with Gasteiger partial charge in [0.1, 0.15) is 5.82 Å². The van der Waals surface area contributed by atoms with Gasteiger partial charge in [0.05, 0.1) is 34.5 Å². The zero-order valence-electron chi connectivity index (χ0n) is 37.7. The fourth-order valence-electron chi connectivity index (χ4n) is 6.32. The van der Waals surface area contributed by atoms with Gasteiger partial charge in [-0.15, -0.1) is 0 Å². The predicted octanol–water partition coefficient (Wildman–Crippen LogP) is 12.0. The lowest BCUT2D eigenvalue weighted by atomic mass is 9.85. The minimum Gasteiger partial charge on any atom is -0.292 e. The van der Waals surface area contributed by atoms with Crippen LogP contribution in [0.2, 0.25) is 0 Å². The number of nitrogens with zero attached hydrogens (tertiary/aromatic N) is 2. The lowest BCUT2D eigenvalue weighted by Gasteiger charge is -2.21. The molecule has 9 aromatic rings. The molecule has 0 aliphatic carbocycles. The van der Waals surface area contributed by atoms with Crippen LogP contribution in [0.3, 0.4) is 0 Å². The Morgan fingerprint density at radius 3 is 1.66 bits per heavy atom. The maximum Gasteiger partial charge on any atom is 0.145 e. The SMILES string of the molecule is [2H]c1c([2H])c([2H])c(-c2nc3ccccc3n2-c2ccccc2-c2c3c([2H])c([2H])c([2H])c([2H])c3c(-c3ccc(-c4ccccc4)cc3)c3c([2H])c([2H])c([2H])c([2H])c23)c([2H])c1[2H]. The lowest BCUT2D eigenvalue weighted by Crippen LogP contribution is -2.01. The van der Waals surface area contributed by atoms with Crippen molar-refractivity contribution in [1.82, 2.24) is 9.55 Å². The third-order valence-corrected chi connectivity index (χ3v) is 8.35. The fourth-order valence-corrected chi connectivity index (χ4v) is 6.32. The molecule has 2 heteroatoms. The second-order valence-corrected chi connectivity index (χ2v) is 11.0. The molecule has 8 aromatic carbocycles. The highest BCUT2D eigenvalue weighted by Crippen LogP contribution is 2.46. The normalized spacial score (nSPS) is 15.3. The highest BCUT2D eigenvalue weighted by molar-refractivity contribution is 6.22. The summed E-state index contributed by atoms with van der Waals surface area (Å²) < 4.78 is 118. The third-order valence-electron chi connectivity index (χ3n) is 8.35. The van der Waals surface area contributed by atoms with Gasteiger partial charge in [-0.2, -0.15) is 0 Å². The minimum absolute atomic E-state index is 0.00176. The van der Waals surface area contributed by atoms with Gasteiger partial charge in [0, 0.05) is 11.1 Å². The zero-order chi connectivity index (χ0) is 42.5. The van der Waals surface area contributed by atoms with Crippen molar-refractivity contribution in [3.63, 3.8) is 0 Å². The summed E-state index contributed by atoms with van der Waals surface area (Å²) in [6.07, 6.45) is 0. The Balaban J connectivity index is 1.48. The molecule has 220 valence electrons. The van der Waals surface area contributed by atoms with E-state index in [0.29, 0.717) is 22.3 Å². The molecule has 0 bridgehead atoms. The van der Waals surface area contributed by atoms with Crippen LogP contribution >= 0.6 is 0 Å². The average molecular weight is 612 g/mol.